The third kappa shape index (κ3) is 4.99. The molecule has 0 unspecified atom stereocenters. The second-order valence-corrected chi connectivity index (χ2v) is 3.72. The molecule has 0 radical (unpaired) electrons. The van der Waals surface area contributed by atoms with E-state index in [2.05, 4.69) is 15.5 Å². The molecule has 7 heteroatoms. The van der Waals surface area contributed by atoms with E-state index in [1.807, 2.05) is 11.8 Å². The van der Waals surface area contributed by atoms with Gasteiger partial charge in [0.25, 0.3) is 0 Å². The highest BCUT2D eigenvalue weighted by molar-refractivity contribution is 5.23. The van der Waals surface area contributed by atoms with Crippen LogP contribution in [0.3, 0.4) is 0 Å². The lowest BCUT2D eigenvalue weighted by atomic mass is 10.5. The Kier molecular flexibility index (Phi) is 7.31. The summed E-state index contributed by atoms with van der Waals surface area (Å²) in [5.41, 5.74) is 0. The van der Waals surface area contributed by atoms with Crippen LogP contribution in [0, 0.1) is 0 Å². The summed E-state index contributed by atoms with van der Waals surface area (Å²) >= 11 is 0. The molecule has 0 aromatic carbocycles. The van der Waals surface area contributed by atoms with Gasteiger partial charge in [-0.25, -0.2) is 0 Å². The Morgan fingerprint density at radius 2 is 2.00 bits per heavy atom. The van der Waals surface area contributed by atoms with Gasteiger partial charge in [-0.3, -0.25) is 0 Å². The topological polar surface area (TPSA) is 72.7 Å². The van der Waals surface area contributed by atoms with Crippen molar-refractivity contribution in [3.05, 3.63) is 5.89 Å². The third-order valence-corrected chi connectivity index (χ3v) is 2.43. The molecule has 0 aliphatic rings. The Labute approximate surface area is 107 Å². The second-order valence-electron chi connectivity index (χ2n) is 3.72. The molecule has 18 heavy (non-hydrogen) atoms. The Balaban J connectivity index is 2.40. The Bertz CT molecular complexity index is 319. The second kappa shape index (κ2) is 8.84. The molecule has 0 fully saturated rings. The number of ether oxygens (including phenoxy) is 2. The minimum absolute atomic E-state index is 0.540. The van der Waals surface area contributed by atoms with Crippen molar-refractivity contribution < 1.29 is 13.9 Å². The number of rotatable bonds is 10. The van der Waals surface area contributed by atoms with Crippen molar-refractivity contribution in [1.82, 2.24) is 15.5 Å². The van der Waals surface area contributed by atoms with Gasteiger partial charge in [0, 0.05) is 33.9 Å². The maximum atomic E-state index is 5.56. The lowest BCUT2D eigenvalue weighted by Gasteiger charge is -2.16. The van der Waals surface area contributed by atoms with Crippen LogP contribution in [-0.2, 0) is 16.0 Å². The highest BCUT2D eigenvalue weighted by atomic mass is 16.5. The van der Waals surface area contributed by atoms with Crippen LogP contribution in [0.25, 0.3) is 0 Å². The number of methoxy groups -OCH3 is 2. The summed E-state index contributed by atoms with van der Waals surface area (Å²) in [6, 6.07) is 0.540. The number of aromatic nitrogens is 2. The molecule has 104 valence electrons. The smallest absolute Gasteiger partial charge is 0.318 e. The highest BCUT2D eigenvalue weighted by Gasteiger charge is 2.12. The minimum atomic E-state index is 0.540. The molecule has 0 aliphatic heterocycles. The maximum Gasteiger partial charge on any atom is 0.318 e. The molecule has 0 saturated heterocycles. The molecule has 0 spiro atoms. The van der Waals surface area contributed by atoms with E-state index in [9.17, 15) is 0 Å². The van der Waals surface area contributed by atoms with Gasteiger partial charge in [-0.15, -0.1) is 5.10 Å². The zero-order valence-corrected chi connectivity index (χ0v) is 11.3. The van der Waals surface area contributed by atoms with E-state index in [1.165, 1.54) is 0 Å². The predicted octanol–water partition coefficient (Wildman–Crippen LogP) is 0.278. The quantitative estimate of drug-likeness (QED) is 0.604. The Hall–Kier alpha value is -1.18. The van der Waals surface area contributed by atoms with Crippen LogP contribution in [0.1, 0.15) is 12.8 Å². The Morgan fingerprint density at radius 3 is 2.67 bits per heavy atom. The molecule has 1 heterocycles. The first kappa shape index (κ1) is 14.9. The van der Waals surface area contributed by atoms with Crippen LogP contribution in [0.15, 0.2) is 4.42 Å². The number of anilines is 1. The summed E-state index contributed by atoms with van der Waals surface area (Å²) in [7, 11) is 3.34. The van der Waals surface area contributed by atoms with Gasteiger partial charge >= 0.3 is 6.01 Å². The molecule has 0 bridgehead atoms. The zero-order valence-electron chi connectivity index (χ0n) is 11.3. The zero-order chi connectivity index (χ0) is 13.2. The van der Waals surface area contributed by atoms with Gasteiger partial charge in [-0.1, -0.05) is 5.10 Å². The fourth-order valence-electron chi connectivity index (χ4n) is 1.40. The summed E-state index contributed by atoms with van der Waals surface area (Å²) in [4.78, 5) is 1.98. The molecule has 1 N–H and O–H groups in total. The molecular weight excluding hydrogens is 236 g/mol. The van der Waals surface area contributed by atoms with Crippen molar-refractivity contribution in [1.29, 1.82) is 0 Å². The summed E-state index contributed by atoms with van der Waals surface area (Å²) in [5, 5.41) is 11.2. The van der Waals surface area contributed by atoms with Gasteiger partial charge in [-0.2, -0.15) is 0 Å². The van der Waals surface area contributed by atoms with Gasteiger partial charge in [0.1, 0.15) is 0 Å². The summed E-state index contributed by atoms with van der Waals surface area (Å²) < 4.78 is 15.5. The fourth-order valence-corrected chi connectivity index (χ4v) is 1.40. The minimum Gasteiger partial charge on any atom is -0.407 e. The molecule has 0 saturated carbocycles. The Morgan fingerprint density at radius 1 is 1.22 bits per heavy atom. The number of likely N-dealkylation sites (N-methyl/N-ethyl adjacent to an activating group) is 1. The predicted molar refractivity (Wildman–Crippen MR) is 67.6 cm³/mol. The molecule has 0 aliphatic carbocycles. The van der Waals surface area contributed by atoms with E-state index in [-0.39, 0.29) is 0 Å². The molecule has 7 nitrogen and oxygen atoms in total. The first-order chi connectivity index (χ1) is 8.81. The van der Waals surface area contributed by atoms with Crippen LogP contribution in [-0.4, -0.2) is 57.3 Å². The number of nitrogens with zero attached hydrogens (tertiary/aromatic N) is 3. The van der Waals surface area contributed by atoms with Gasteiger partial charge in [-0.05, 0) is 6.92 Å². The monoisotopic (exact) mass is 258 g/mol. The van der Waals surface area contributed by atoms with E-state index in [4.69, 9.17) is 13.9 Å². The molecule has 1 rings (SSSR count). The average Bonchev–Trinajstić information content (AvgIpc) is 2.84. The van der Waals surface area contributed by atoms with Gasteiger partial charge in [0.05, 0.1) is 19.8 Å². The number of hydrogen-bond acceptors (Lipinski definition) is 7. The summed E-state index contributed by atoms with van der Waals surface area (Å²) in [6.07, 6.45) is 0. The average molecular weight is 258 g/mol. The summed E-state index contributed by atoms with van der Waals surface area (Å²) in [5.74, 6) is 0.581. The number of nitrogens with one attached hydrogen (secondary N) is 1. The van der Waals surface area contributed by atoms with Crippen molar-refractivity contribution >= 4 is 6.01 Å². The van der Waals surface area contributed by atoms with Gasteiger partial charge < -0.3 is 24.1 Å². The van der Waals surface area contributed by atoms with Crippen molar-refractivity contribution in [2.45, 2.75) is 13.5 Å². The SMILES string of the molecule is CCN(CCOC)c1nnc(CNCCOC)o1. The lowest BCUT2D eigenvalue weighted by Crippen LogP contribution is -2.27. The van der Waals surface area contributed by atoms with Crippen LogP contribution >= 0.6 is 0 Å². The summed E-state index contributed by atoms with van der Waals surface area (Å²) in [6.45, 7) is 6.20. The van der Waals surface area contributed by atoms with Gasteiger partial charge in [0.15, 0.2) is 0 Å². The molecule has 1 aromatic heterocycles. The normalized spacial score (nSPS) is 10.8. The van der Waals surface area contributed by atoms with Crippen molar-refractivity contribution in [3.63, 3.8) is 0 Å². The van der Waals surface area contributed by atoms with Gasteiger partial charge in [0.2, 0.25) is 5.89 Å². The molecule has 1 aromatic rings. The third-order valence-electron chi connectivity index (χ3n) is 2.43. The van der Waals surface area contributed by atoms with Crippen LogP contribution in [0.5, 0.6) is 0 Å². The van der Waals surface area contributed by atoms with E-state index in [1.54, 1.807) is 14.2 Å². The maximum absolute atomic E-state index is 5.56. The van der Waals surface area contributed by atoms with E-state index in [0.29, 0.717) is 31.7 Å². The van der Waals surface area contributed by atoms with E-state index >= 15 is 0 Å². The lowest BCUT2D eigenvalue weighted by molar-refractivity contribution is 0.198. The first-order valence-electron chi connectivity index (χ1n) is 6.07. The van der Waals surface area contributed by atoms with Crippen LogP contribution in [0.4, 0.5) is 6.01 Å². The largest absolute Gasteiger partial charge is 0.407 e. The first-order valence-corrected chi connectivity index (χ1v) is 6.07. The fraction of sp³-hybridized carbons (Fsp3) is 0.818. The standard InChI is InChI=1S/C11H22N4O3/c1-4-15(6-8-17-3)11-14-13-10(18-11)9-12-5-7-16-2/h12H,4-9H2,1-3H3. The number of hydrogen-bond donors (Lipinski definition) is 1. The van der Waals surface area contributed by atoms with Crippen molar-refractivity contribution in [2.24, 2.45) is 0 Å². The van der Waals surface area contributed by atoms with Crippen LogP contribution < -0.4 is 10.2 Å². The highest BCUT2D eigenvalue weighted by Crippen LogP contribution is 2.11. The van der Waals surface area contributed by atoms with E-state index < -0.39 is 0 Å². The molecular formula is C11H22N4O3. The molecule has 0 amide bonds. The van der Waals surface area contributed by atoms with Crippen molar-refractivity contribution in [3.8, 4) is 0 Å². The van der Waals surface area contributed by atoms with Crippen LogP contribution in [0.2, 0.25) is 0 Å². The van der Waals surface area contributed by atoms with E-state index in [0.717, 1.165) is 19.6 Å². The molecule has 0 atom stereocenters. The van der Waals surface area contributed by atoms with Crippen molar-refractivity contribution in [2.75, 3.05) is 52.0 Å².